The second kappa shape index (κ2) is 10.9. The lowest BCUT2D eigenvalue weighted by molar-refractivity contribution is 0.0996. The molecule has 0 saturated heterocycles. The van der Waals surface area contributed by atoms with Gasteiger partial charge in [0.05, 0.1) is 6.33 Å². The number of rotatable bonds is 10. The SMILES string of the molecule is CCc1cc(F)c(COc2nsc(NC(=O)NCC(C)Cn3ccnc3)c2C(N)=O)cc1F. The lowest BCUT2D eigenvalue weighted by Gasteiger charge is -2.13. The number of hydrogen-bond acceptors (Lipinski definition) is 6. The minimum Gasteiger partial charge on any atom is -0.471 e. The predicted octanol–water partition coefficient (Wildman–Crippen LogP) is 3.32. The lowest BCUT2D eigenvalue weighted by Crippen LogP contribution is -2.33. The molecule has 1 unspecified atom stereocenters. The van der Waals surface area contributed by atoms with E-state index < -0.39 is 23.6 Å². The van der Waals surface area contributed by atoms with Gasteiger partial charge in [-0.1, -0.05) is 13.8 Å². The largest absolute Gasteiger partial charge is 0.471 e. The molecule has 2 heterocycles. The normalized spacial score (nSPS) is 11.8. The predicted molar refractivity (Wildman–Crippen MR) is 119 cm³/mol. The summed E-state index contributed by atoms with van der Waals surface area (Å²) in [5, 5.41) is 5.33. The van der Waals surface area contributed by atoms with Crippen LogP contribution in [-0.4, -0.2) is 32.4 Å². The van der Waals surface area contributed by atoms with Crippen LogP contribution in [0.25, 0.3) is 0 Å². The molecule has 1 aromatic carbocycles. The van der Waals surface area contributed by atoms with E-state index in [0.717, 1.165) is 23.7 Å². The monoisotopic (exact) mass is 478 g/mol. The number of imidazole rings is 1. The minimum atomic E-state index is -0.879. The average Bonchev–Trinajstić information content (AvgIpc) is 3.42. The first-order valence-corrected chi connectivity index (χ1v) is 11.0. The average molecular weight is 479 g/mol. The Kier molecular flexibility index (Phi) is 7.93. The van der Waals surface area contributed by atoms with E-state index in [4.69, 9.17) is 10.5 Å². The topological polar surface area (TPSA) is 124 Å². The number of carbonyl (C=O) groups is 2. The van der Waals surface area contributed by atoms with Crippen molar-refractivity contribution < 1.29 is 23.1 Å². The Bertz CT molecular complexity index is 1120. The summed E-state index contributed by atoms with van der Waals surface area (Å²) < 4.78 is 39.5. The van der Waals surface area contributed by atoms with Crippen LogP contribution in [0, 0.1) is 17.6 Å². The highest BCUT2D eigenvalue weighted by atomic mass is 32.1. The van der Waals surface area contributed by atoms with Crippen molar-refractivity contribution in [3.05, 3.63) is 59.2 Å². The molecule has 3 aromatic rings. The number of nitrogens with zero attached hydrogens (tertiary/aromatic N) is 3. The fourth-order valence-electron chi connectivity index (χ4n) is 3.07. The molecule has 0 aliphatic rings. The smallest absolute Gasteiger partial charge is 0.319 e. The van der Waals surface area contributed by atoms with Crippen LogP contribution >= 0.6 is 11.5 Å². The fraction of sp³-hybridized carbons (Fsp3) is 0.333. The zero-order chi connectivity index (χ0) is 24.0. The highest BCUT2D eigenvalue weighted by Crippen LogP contribution is 2.31. The van der Waals surface area contributed by atoms with Gasteiger partial charge in [-0.2, -0.15) is 4.37 Å². The number of anilines is 1. The maximum atomic E-state index is 14.2. The molecule has 0 fully saturated rings. The summed E-state index contributed by atoms with van der Waals surface area (Å²) in [7, 11) is 0. The van der Waals surface area contributed by atoms with E-state index >= 15 is 0 Å². The number of urea groups is 1. The van der Waals surface area contributed by atoms with Crippen molar-refractivity contribution in [1.29, 1.82) is 0 Å². The molecule has 176 valence electrons. The first-order chi connectivity index (χ1) is 15.8. The third-order valence-corrected chi connectivity index (χ3v) is 5.53. The van der Waals surface area contributed by atoms with E-state index in [0.29, 0.717) is 19.5 Å². The van der Waals surface area contributed by atoms with E-state index in [1.807, 2.05) is 17.7 Å². The van der Waals surface area contributed by atoms with Gasteiger partial charge in [-0.3, -0.25) is 10.1 Å². The van der Waals surface area contributed by atoms with Gasteiger partial charge in [0.1, 0.15) is 28.8 Å². The molecule has 0 saturated carbocycles. The van der Waals surface area contributed by atoms with Gasteiger partial charge in [0.25, 0.3) is 5.91 Å². The number of aromatic nitrogens is 3. The molecule has 3 rings (SSSR count). The highest BCUT2D eigenvalue weighted by Gasteiger charge is 2.22. The Balaban J connectivity index is 1.61. The summed E-state index contributed by atoms with van der Waals surface area (Å²) in [4.78, 5) is 28.2. The number of ether oxygens (including phenoxy) is 1. The molecule has 2 aromatic heterocycles. The highest BCUT2D eigenvalue weighted by molar-refractivity contribution is 7.11. The van der Waals surface area contributed by atoms with Crippen molar-refractivity contribution in [2.45, 2.75) is 33.4 Å². The summed E-state index contributed by atoms with van der Waals surface area (Å²) in [6.07, 6.45) is 5.54. The van der Waals surface area contributed by atoms with Crippen LogP contribution < -0.4 is 21.1 Å². The van der Waals surface area contributed by atoms with Gasteiger partial charge >= 0.3 is 6.03 Å². The van der Waals surface area contributed by atoms with Crippen molar-refractivity contribution in [2.75, 3.05) is 11.9 Å². The third kappa shape index (κ3) is 6.25. The zero-order valence-corrected chi connectivity index (χ0v) is 18.9. The minimum absolute atomic E-state index is 0.0350. The van der Waals surface area contributed by atoms with Crippen LogP contribution in [0.15, 0.2) is 30.9 Å². The van der Waals surface area contributed by atoms with Gasteiger partial charge in [-0.05, 0) is 41.6 Å². The quantitative estimate of drug-likeness (QED) is 0.412. The van der Waals surface area contributed by atoms with E-state index in [2.05, 4.69) is 20.0 Å². The summed E-state index contributed by atoms with van der Waals surface area (Å²) in [5.41, 5.74) is 5.50. The van der Waals surface area contributed by atoms with Gasteiger partial charge in [0, 0.05) is 31.0 Å². The number of halogens is 2. The van der Waals surface area contributed by atoms with Crippen LogP contribution in [0.3, 0.4) is 0 Å². The Morgan fingerprint density at radius 1 is 1.27 bits per heavy atom. The Morgan fingerprint density at radius 2 is 2.00 bits per heavy atom. The third-order valence-electron chi connectivity index (χ3n) is 4.79. The number of primary amides is 1. The van der Waals surface area contributed by atoms with Crippen LogP contribution in [0.1, 0.15) is 35.3 Å². The number of nitrogens with one attached hydrogen (secondary N) is 2. The molecular weight excluding hydrogens is 454 g/mol. The second-order valence-corrected chi connectivity index (χ2v) is 8.21. The van der Waals surface area contributed by atoms with Gasteiger partial charge in [0.2, 0.25) is 5.88 Å². The van der Waals surface area contributed by atoms with E-state index in [1.165, 1.54) is 0 Å². The van der Waals surface area contributed by atoms with E-state index in [-0.39, 0.29) is 40.1 Å². The van der Waals surface area contributed by atoms with Crippen LogP contribution in [0.2, 0.25) is 0 Å². The number of nitrogens with two attached hydrogens (primary N) is 1. The van der Waals surface area contributed by atoms with Crippen LogP contribution in [0.4, 0.5) is 18.6 Å². The molecule has 4 N–H and O–H groups in total. The first kappa shape index (κ1) is 24.1. The summed E-state index contributed by atoms with van der Waals surface area (Å²) in [5.74, 6) is -2.11. The zero-order valence-electron chi connectivity index (χ0n) is 18.1. The van der Waals surface area contributed by atoms with E-state index in [9.17, 15) is 18.4 Å². The van der Waals surface area contributed by atoms with Crippen LogP contribution in [0.5, 0.6) is 5.88 Å². The maximum absolute atomic E-state index is 14.2. The Morgan fingerprint density at radius 3 is 2.67 bits per heavy atom. The molecule has 0 spiro atoms. The molecule has 9 nitrogen and oxygen atoms in total. The summed E-state index contributed by atoms with van der Waals surface area (Å²) in [6.45, 7) is 4.35. The molecule has 0 radical (unpaired) electrons. The van der Waals surface area contributed by atoms with Gasteiger partial charge in [-0.25, -0.2) is 18.6 Å². The van der Waals surface area contributed by atoms with Crippen molar-refractivity contribution >= 4 is 28.5 Å². The summed E-state index contributed by atoms with van der Waals surface area (Å²) >= 11 is 0.791. The molecule has 0 aliphatic heterocycles. The number of carbonyl (C=O) groups excluding carboxylic acids is 2. The standard InChI is InChI=1S/C21H24F2N6O3S/c1-3-13-6-16(23)14(7-15(13)22)10-32-19-17(18(24)30)20(33-28-19)27-21(31)26-8-12(2)9-29-5-4-25-11-29/h4-7,11-12H,3,8-10H2,1-2H3,(H2,24,30)(H2,26,27,31). The Labute approximate surface area is 193 Å². The number of amides is 3. The van der Waals surface area contributed by atoms with Crippen molar-refractivity contribution in [2.24, 2.45) is 11.7 Å². The first-order valence-electron chi connectivity index (χ1n) is 10.2. The summed E-state index contributed by atoms with van der Waals surface area (Å²) in [6, 6.07) is 1.60. The molecule has 33 heavy (non-hydrogen) atoms. The molecule has 1 atom stereocenters. The molecule has 0 aliphatic carbocycles. The van der Waals surface area contributed by atoms with Gasteiger partial charge in [0.15, 0.2) is 0 Å². The van der Waals surface area contributed by atoms with E-state index in [1.54, 1.807) is 19.4 Å². The molecule has 0 bridgehead atoms. The van der Waals surface area contributed by atoms with Crippen molar-refractivity contribution in [3.63, 3.8) is 0 Å². The Hall–Kier alpha value is -3.54. The fourth-order valence-corrected chi connectivity index (χ4v) is 3.80. The molecule has 3 amide bonds. The molecular formula is C21H24F2N6O3S. The van der Waals surface area contributed by atoms with Gasteiger partial charge < -0.3 is 20.4 Å². The number of aryl methyl sites for hydroxylation is 1. The van der Waals surface area contributed by atoms with Gasteiger partial charge in [-0.15, -0.1) is 0 Å². The van der Waals surface area contributed by atoms with Crippen molar-refractivity contribution in [3.8, 4) is 5.88 Å². The second-order valence-electron chi connectivity index (χ2n) is 7.43. The number of hydrogen-bond donors (Lipinski definition) is 3. The maximum Gasteiger partial charge on any atom is 0.319 e. The number of benzene rings is 1. The molecule has 12 heteroatoms. The lowest BCUT2D eigenvalue weighted by atomic mass is 10.1. The van der Waals surface area contributed by atoms with Crippen molar-refractivity contribution in [1.82, 2.24) is 19.2 Å². The van der Waals surface area contributed by atoms with Crippen LogP contribution in [-0.2, 0) is 19.6 Å².